The molecule has 0 radical (unpaired) electrons. The second-order valence-electron chi connectivity index (χ2n) is 6.04. The van der Waals surface area contributed by atoms with Crippen LogP contribution in [0.1, 0.15) is 25.5 Å². The molecule has 21 heavy (non-hydrogen) atoms. The fourth-order valence-electron chi connectivity index (χ4n) is 3.45. The molecule has 0 aromatic carbocycles. The van der Waals surface area contributed by atoms with Crippen LogP contribution in [0, 0.1) is 0 Å². The molecule has 2 saturated heterocycles. The summed E-state index contributed by atoms with van der Waals surface area (Å²) in [5, 5.41) is 0. The van der Waals surface area contributed by atoms with Crippen molar-refractivity contribution in [1.82, 2.24) is 19.4 Å². The maximum Gasteiger partial charge on any atom is 0.219 e. The molecular weight excluding hydrogens is 268 g/mol. The van der Waals surface area contributed by atoms with Crippen molar-refractivity contribution in [1.29, 1.82) is 0 Å². The van der Waals surface area contributed by atoms with E-state index in [1.807, 2.05) is 24.5 Å². The summed E-state index contributed by atoms with van der Waals surface area (Å²) in [4.78, 5) is 20.4. The van der Waals surface area contributed by atoms with Crippen LogP contribution >= 0.6 is 0 Å². The normalized spacial score (nSPS) is 27.2. The standard InChI is InChI=1S/C15H24N4O2/c1-12(20)19-7-8-21-15-4-6-18(5-3-14(15)19)10-13-9-16-11-17(13)2/h9,11,14-15H,3-8,10H2,1-2H3/t14-,15-/m0/s1. The minimum absolute atomic E-state index is 0.174. The van der Waals surface area contributed by atoms with Crippen molar-refractivity contribution >= 4 is 5.91 Å². The first-order chi connectivity index (χ1) is 10.1. The maximum absolute atomic E-state index is 11.8. The molecule has 2 aliphatic rings. The van der Waals surface area contributed by atoms with Gasteiger partial charge in [0.15, 0.2) is 0 Å². The van der Waals surface area contributed by atoms with Crippen molar-refractivity contribution in [2.45, 2.75) is 38.5 Å². The van der Waals surface area contributed by atoms with E-state index in [4.69, 9.17) is 4.74 Å². The lowest BCUT2D eigenvalue weighted by Gasteiger charge is -2.39. The predicted molar refractivity (Wildman–Crippen MR) is 78.6 cm³/mol. The summed E-state index contributed by atoms with van der Waals surface area (Å²) in [7, 11) is 2.03. The molecule has 0 N–H and O–H groups in total. The van der Waals surface area contributed by atoms with Gasteiger partial charge in [0.1, 0.15) is 0 Å². The van der Waals surface area contributed by atoms with E-state index in [9.17, 15) is 4.79 Å². The number of hydrogen-bond donors (Lipinski definition) is 0. The van der Waals surface area contributed by atoms with Crippen LogP contribution in [0.2, 0.25) is 0 Å². The first-order valence-corrected chi connectivity index (χ1v) is 7.71. The molecule has 6 nitrogen and oxygen atoms in total. The molecule has 0 spiro atoms. The van der Waals surface area contributed by atoms with Gasteiger partial charge in [-0.05, 0) is 12.8 Å². The van der Waals surface area contributed by atoms with Gasteiger partial charge in [-0.3, -0.25) is 9.69 Å². The summed E-state index contributed by atoms with van der Waals surface area (Å²) >= 11 is 0. The number of carbonyl (C=O) groups is 1. The van der Waals surface area contributed by atoms with E-state index in [0.717, 1.165) is 39.0 Å². The van der Waals surface area contributed by atoms with Crippen LogP contribution in [0.25, 0.3) is 0 Å². The Hall–Kier alpha value is -1.40. The Morgan fingerprint density at radius 3 is 2.90 bits per heavy atom. The minimum atomic E-state index is 0.174. The molecule has 116 valence electrons. The summed E-state index contributed by atoms with van der Waals surface area (Å²) < 4.78 is 7.98. The van der Waals surface area contributed by atoms with Crippen LogP contribution in [-0.2, 0) is 23.1 Å². The zero-order chi connectivity index (χ0) is 14.8. The predicted octanol–water partition coefficient (Wildman–Crippen LogP) is 0.632. The molecule has 6 heteroatoms. The number of nitrogens with zero attached hydrogens (tertiary/aromatic N) is 4. The van der Waals surface area contributed by atoms with E-state index in [1.54, 1.807) is 6.92 Å². The van der Waals surface area contributed by atoms with E-state index >= 15 is 0 Å². The topological polar surface area (TPSA) is 50.6 Å². The summed E-state index contributed by atoms with van der Waals surface area (Å²) in [6, 6.07) is 0.243. The number of ether oxygens (including phenoxy) is 1. The number of aryl methyl sites for hydroxylation is 1. The van der Waals surface area contributed by atoms with E-state index in [1.165, 1.54) is 5.69 Å². The van der Waals surface area contributed by atoms with Crippen molar-refractivity contribution in [3.63, 3.8) is 0 Å². The van der Waals surface area contributed by atoms with Crippen molar-refractivity contribution in [3.8, 4) is 0 Å². The smallest absolute Gasteiger partial charge is 0.219 e. The lowest BCUT2D eigenvalue weighted by Crippen LogP contribution is -2.52. The van der Waals surface area contributed by atoms with Gasteiger partial charge in [0.05, 0.1) is 30.8 Å². The number of likely N-dealkylation sites (tertiary alicyclic amines) is 1. The lowest BCUT2D eigenvalue weighted by atomic mass is 10.0. The van der Waals surface area contributed by atoms with Crippen molar-refractivity contribution in [2.75, 3.05) is 26.2 Å². The number of amides is 1. The number of rotatable bonds is 2. The first-order valence-electron chi connectivity index (χ1n) is 7.71. The highest BCUT2D eigenvalue weighted by Gasteiger charge is 2.35. The number of hydrogen-bond acceptors (Lipinski definition) is 4. The van der Waals surface area contributed by atoms with E-state index in [-0.39, 0.29) is 18.1 Å². The Labute approximate surface area is 125 Å². The Morgan fingerprint density at radius 2 is 2.19 bits per heavy atom. The Morgan fingerprint density at radius 1 is 1.38 bits per heavy atom. The van der Waals surface area contributed by atoms with Crippen LogP contribution < -0.4 is 0 Å². The van der Waals surface area contributed by atoms with Gasteiger partial charge in [-0.1, -0.05) is 0 Å². The average molecular weight is 292 g/mol. The third kappa shape index (κ3) is 3.11. The van der Waals surface area contributed by atoms with E-state index in [0.29, 0.717) is 6.61 Å². The second-order valence-corrected chi connectivity index (χ2v) is 6.04. The molecule has 2 fully saturated rings. The molecule has 2 aliphatic heterocycles. The summed E-state index contributed by atoms with van der Waals surface area (Å²) in [5.74, 6) is 0.174. The molecule has 0 aliphatic carbocycles. The van der Waals surface area contributed by atoms with Crippen molar-refractivity contribution in [3.05, 3.63) is 18.2 Å². The molecule has 1 amide bonds. The Balaban J connectivity index is 1.65. The maximum atomic E-state index is 11.8. The Kier molecular flexibility index (Phi) is 4.26. The average Bonchev–Trinajstić information content (AvgIpc) is 2.75. The van der Waals surface area contributed by atoms with Gasteiger partial charge in [-0.25, -0.2) is 4.98 Å². The lowest BCUT2D eigenvalue weighted by molar-refractivity contribution is -0.144. The molecule has 3 heterocycles. The van der Waals surface area contributed by atoms with Crippen LogP contribution in [0.3, 0.4) is 0 Å². The molecule has 3 rings (SSSR count). The summed E-state index contributed by atoms with van der Waals surface area (Å²) in [6.45, 7) is 6.00. The van der Waals surface area contributed by atoms with Crippen LogP contribution in [0.5, 0.6) is 0 Å². The largest absolute Gasteiger partial charge is 0.374 e. The summed E-state index contributed by atoms with van der Waals surface area (Å²) in [5.41, 5.74) is 1.23. The third-order valence-electron chi connectivity index (χ3n) is 4.67. The molecule has 0 saturated carbocycles. The minimum Gasteiger partial charge on any atom is -0.374 e. The fraction of sp³-hybridized carbons (Fsp3) is 0.733. The molecule has 1 aromatic rings. The zero-order valence-electron chi connectivity index (χ0n) is 12.9. The van der Waals surface area contributed by atoms with Crippen LogP contribution in [-0.4, -0.2) is 63.6 Å². The summed E-state index contributed by atoms with van der Waals surface area (Å²) in [6.07, 6.45) is 5.94. The van der Waals surface area contributed by atoms with Crippen LogP contribution in [0.15, 0.2) is 12.5 Å². The van der Waals surface area contributed by atoms with Gasteiger partial charge in [0, 0.05) is 46.3 Å². The number of fused-ring (bicyclic) bond motifs is 1. The third-order valence-corrected chi connectivity index (χ3v) is 4.67. The molecule has 0 bridgehead atoms. The van der Waals surface area contributed by atoms with E-state index < -0.39 is 0 Å². The highest BCUT2D eigenvalue weighted by molar-refractivity contribution is 5.73. The van der Waals surface area contributed by atoms with Crippen molar-refractivity contribution in [2.24, 2.45) is 7.05 Å². The van der Waals surface area contributed by atoms with Gasteiger partial charge in [-0.15, -0.1) is 0 Å². The highest BCUT2D eigenvalue weighted by atomic mass is 16.5. The quantitative estimate of drug-likeness (QED) is 0.802. The van der Waals surface area contributed by atoms with Gasteiger partial charge < -0.3 is 14.2 Å². The highest BCUT2D eigenvalue weighted by Crippen LogP contribution is 2.24. The number of carbonyl (C=O) groups excluding carboxylic acids is 1. The van der Waals surface area contributed by atoms with Gasteiger partial charge in [-0.2, -0.15) is 0 Å². The van der Waals surface area contributed by atoms with Gasteiger partial charge in [0.2, 0.25) is 5.91 Å². The second kappa shape index (κ2) is 6.15. The Bertz CT molecular complexity index is 502. The molecule has 0 unspecified atom stereocenters. The number of imidazole rings is 1. The molecule has 1 aromatic heterocycles. The molecule has 2 atom stereocenters. The fourth-order valence-corrected chi connectivity index (χ4v) is 3.45. The number of aromatic nitrogens is 2. The van der Waals surface area contributed by atoms with Crippen LogP contribution in [0.4, 0.5) is 0 Å². The zero-order valence-corrected chi connectivity index (χ0v) is 12.9. The van der Waals surface area contributed by atoms with Gasteiger partial charge >= 0.3 is 0 Å². The first kappa shape index (κ1) is 14.5. The monoisotopic (exact) mass is 292 g/mol. The van der Waals surface area contributed by atoms with Gasteiger partial charge in [0.25, 0.3) is 0 Å². The number of morpholine rings is 1. The van der Waals surface area contributed by atoms with E-state index in [2.05, 4.69) is 14.5 Å². The molecular formula is C15H24N4O2. The SMILES string of the molecule is CC(=O)N1CCO[C@H]2CCN(Cc3cncn3C)CC[C@@H]21. The van der Waals surface area contributed by atoms with Crippen molar-refractivity contribution < 1.29 is 9.53 Å².